The normalized spacial score (nSPS) is 19.4. The summed E-state index contributed by atoms with van der Waals surface area (Å²) in [7, 11) is 1.80. The Morgan fingerprint density at radius 2 is 2.05 bits per heavy atom. The van der Waals surface area contributed by atoms with Gasteiger partial charge in [-0.3, -0.25) is 0 Å². The van der Waals surface area contributed by atoms with Gasteiger partial charge in [0.25, 0.3) is 0 Å². The van der Waals surface area contributed by atoms with Crippen molar-refractivity contribution in [3.05, 3.63) is 34.1 Å². The zero-order chi connectivity index (χ0) is 15.3. The van der Waals surface area contributed by atoms with Gasteiger partial charge in [-0.15, -0.1) is 0 Å². The van der Waals surface area contributed by atoms with Gasteiger partial charge in [0.05, 0.1) is 5.60 Å². The minimum Gasteiger partial charge on any atom is -0.377 e. The molecule has 1 aliphatic carbocycles. The second kappa shape index (κ2) is 7.70. The largest absolute Gasteiger partial charge is 0.377 e. The molecule has 1 unspecified atom stereocenters. The van der Waals surface area contributed by atoms with Crippen molar-refractivity contribution in [1.82, 2.24) is 5.32 Å². The zero-order valence-corrected chi connectivity index (χ0v) is 14.5. The fourth-order valence-electron chi connectivity index (χ4n) is 3.46. The van der Waals surface area contributed by atoms with Gasteiger partial charge in [0.1, 0.15) is 5.82 Å². The Labute approximate surface area is 135 Å². The fourth-order valence-corrected chi connectivity index (χ4v) is 3.86. The molecule has 4 heteroatoms. The monoisotopic (exact) mass is 357 g/mol. The molecule has 2 nitrogen and oxygen atoms in total. The van der Waals surface area contributed by atoms with Crippen LogP contribution in [0.3, 0.4) is 0 Å². The number of halogens is 2. The molecule has 0 amide bonds. The van der Waals surface area contributed by atoms with Gasteiger partial charge in [-0.25, -0.2) is 4.39 Å². The van der Waals surface area contributed by atoms with Crippen molar-refractivity contribution in [2.75, 3.05) is 13.7 Å². The molecule has 1 fully saturated rings. The van der Waals surface area contributed by atoms with Crippen molar-refractivity contribution < 1.29 is 9.13 Å². The lowest BCUT2D eigenvalue weighted by molar-refractivity contribution is -0.0671. The van der Waals surface area contributed by atoms with Crippen LogP contribution in [0, 0.1) is 5.82 Å². The number of methoxy groups -OCH3 is 1. The fraction of sp³-hybridized carbons (Fsp3) is 0.647. The molecule has 21 heavy (non-hydrogen) atoms. The molecule has 0 bridgehead atoms. The molecule has 0 heterocycles. The maximum absolute atomic E-state index is 14.1. The summed E-state index contributed by atoms with van der Waals surface area (Å²) in [5.74, 6) is -0.136. The van der Waals surface area contributed by atoms with Crippen molar-refractivity contribution in [3.8, 4) is 0 Å². The Morgan fingerprint density at radius 1 is 1.33 bits per heavy atom. The van der Waals surface area contributed by atoms with Crippen molar-refractivity contribution in [2.24, 2.45) is 0 Å². The maximum atomic E-state index is 14.1. The highest BCUT2D eigenvalue weighted by atomic mass is 79.9. The van der Waals surface area contributed by atoms with Crippen molar-refractivity contribution >= 4 is 15.9 Å². The lowest BCUT2D eigenvalue weighted by atomic mass is 9.77. The summed E-state index contributed by atoms with van der Waals surface area (Å²) in [6.07, 6.45) is 6.42. The van der Waals surface area contributed by atoms with Gasteiger partial charge >= 0.3 is 0 Å². The molecule has 1 N–H and O–H groups in total. The third kappa shape index (κ3) is 4.05. The zero-order valence-electron chi connectivity index (χ0n) is 12.9. The molecule has 1 saturated carbocycles. The lowest BCUT2D eigenvalue weighted by Gasteiger charge is -2.43. The van der Waals surface area contributed by atoms with E-state index in [0.29, 0.717) is 6.42 Å². The summed E-state index contributed by atoms with van der Waals surface area (Å²) in [6.45, 7) is 2.96. The first-order valence-electron chi connectivity index (χ1n) is 7.84. The van der Waals surface area contributed by atoms with Crippen LogP contribution in [0.25, 0.3) is 0 Å². The van der Waals surface area contributed by atoms with E-state index in [4.69, 9.17) is 4.74 Å². The van der Waals surface area contributed by atoms with E-state index in [-0.39, 0.29) is 17.5 Å². The average Bonchev–Trinajstić information content (AvgIpc) is 2.51. The molecule has 1 aromatic rings. The van der Waals surface area contributed by atoms with E-state index < -0.39 is 0 Å². The molecule has 0 spiro atoms. The lowest BCUT2D eigenvalue weighted by Crippen LogP contribution is -2.54. The molecule has 0 radical (unpaired) electrons. The Balaban J connectivity index is 2.23. The van der Waals surface area contributed by atoms with Crippen molar-refractivity contribution in [3.63, 3.8) is 0 Å². The van der Waals surface area contributed by atoms with Gasteiger partial charge in [0.2, 0.25) is 0 Å². The number of benzene rings is 1. The highest BCUT2D eigenvalue weighted by molar-refractivity contribution is 9.10. The van der Waals surface area contributed by atoms with E-state index in [2.05, 4.69) is 28.2 Å². The van der Waals surface area contributed by atoms with E-state index >= 15 is 0 Å². The molecule has 118 valence electrons. The third-order valence-corrected chi connectivity index (χ3v) is 5.12. The van der Waals surface area contributed by atoms with E-state index in [1.165, 1.54) is 25.3 Å². The first kappa shape index (κ1) is 16.9. The molecular weight excluding hydrogens is 333 g/mol. The van der Waals surface area contributed by atoms with Crippen LogP contribution in [0.5, 0.6) is 0 Å². The molecule has 1 aromatic carbocycles. The van der Waals surface area contributed by atoms with Crippen LogP contribution >= 0.6 is 15.9 Å². The third-order valence-electron chi connectivity index (χ3n) is 4.62. The first-order valence-corrected chi connectivity index (χ1v) is 8.63. The Morgan fingerprint density at radius 3 is 2.67 bits per heavy atom. The molecule has 0 saturated heterocycles. The van der Waals surface area contributed by atoms with Crippen molar-refractivity contribution in [2.45, 2.75) is 57.1 Å². The van der Waals surface area contributed by atoms with Gasteiger partial charge in [0, 0.05) is 17.6 Å². The van der Waals surface area contributed by atoms with Gasteiger partial charge < -0.3 is 10.1 Å². The quantitative estimate of drug-likeness (QED) is 0.811. The van der Waals surface area contributed by atoms with Crippen LogP contribution in [0.15, 0.2) is 22.7 Å². The summed E-state index contributed by atoms with van der Waals surface area (Å²) in [5.41, 5.74) is 0.584. The van der Waals surface area contributed by atoms with Gasteiger partial charge in [0.15, 0.2) is 0 Å². The number of nitrogens with one attached hydrogen (secondary N) is 1. The predicted octanol–water partition coefficient (Wildman–Crippen LogP) is 4.46. The first-order chi connectivity index (χ1) is 10.1. The number of ether oxygens (including phenoxy) is 1. The molecule has 0 aromatic heterocycles. The molecule has 0 aliphatic heterocycles. The second-order valence-corrected chi connectivity index (χ2v) is 6.80. The van der Waals surface area contributed by atoms with E-state index in [1.54, 1.807) is 13.2 Å². The van der Waals surface area contributed by atoms with Crippen LogP contribution in [-0.2, 0) is 11.2 Å². The summed E-state index contributed by atoms with van der Waals surface area (Å²) < 4.78 is 20.9. The second-order valence-electron chi connectivity index (χ2n) is 5.88. The number of hydrogen-bond acceptors (Lipinski definition) is 2. The Kier molecular flexibility index (Phi) is 6.20. The summed E-state index contributed by atoms with van der Waals surface area (Å²) in [4.78, 5) is 0. The number of rotatable bonds is 6. The van der Waals surface area contributed by atoms with E-state index in [9.17, 15) is 4.39 Å². The van der Waals surface area contributed by atoms with E-state index in [0.717, 1.165) is 29.4 Å². The van der Waals surface area contributed by atoms with Crippen LogP contribution in [0.2, 0.25) is 0 Å². The predicted molar refractivity (Wildman–Crippen MR) is 88.1 cm³/mol. The van der Waals surface area contributed by atoms with Gasteiger partial charge in [-0.1, -0.05) is 42.1 Å². The van der Waals surface area contributed by atoms with Crippen LogP contribution < -0.4 is 5.32 Å². The molecule has 2 rings (SSSR count). The van der Waals surface area contributed by atoms with Crippen LogP contribution in [-0.4, -0.2) is 25.3 Å². The summed E-state index contributed by atoms with van der Waals surface area (Å²) >= 11 is 3.43. The van der Waals surface area contributed by atoms with Gasteiger partial charge in [-0.05, 0) is 49.6 Å². The summed E-state index contributed by atoms with van der Waals surface area (Å²) in [6, 6.07) is 5.30. The smallest absolute Gasteiger partial charge is 0.126 e. The average molecular weight is 358 g/mol. The summed E-state index contributed by atoms with van der Waals surface area (Å²) in [5, 5.41) is 3.53. The van der Waals surface area contributed by atoms with Crippen LogP contribution in [0.4, 0.5) is 4.39 Å². The molecule has 1 atom stereocenters. The molecular formula is C17H25BrFNO. The van der Waals surface area contributed by atoms with E-state index in [1.807, 2.05) is 6.07 Å². The number of likely N-dealkylation sites (N-methyl/N-ethyl adjacent to an activating group) is 1. The highest BCUT2D eigenvalue weighted by Gasteiger charge is 2.39. The van der Waals surface area contributed by atoms with Crippen molar-refractivity contribution in [1.29, 1.82) is 0 Å². The standard InChI is InChI=1S/C17H25BrFNO/c1-3-20-16(17(21-2)9-5-4-6-10-17)12-13-11-14(18)7-8-15(13)19/h7-8,11,16,20H,3-6,9-10,12H2,1-2H3. The minimum absolute atomic E-state index is 0.136. The highest BCUT2D eigenvalue weighted by Crippen LogP contribution is 2.35. The minimum atomic E-state index is -0.164. The van der Waals surface area contributed by atoms with Crippen LogP contribution in [0.1, 0.15) is 44.6 Å². The topological polar surface area (TPSA) is 21.3 Å². The number of hydrogen-bond donors (Lipinski definition) is 1. The Bertz CT molecular complexity index is 460. The Hall–Kier alpha value is -0.450. The SMILES string of the molecule is CCNC(Cc1cc(Br)ccc1F)C1(OC)CCCCC1. The maximum Gasteiger partial charge on any atom is 0.126 e. The molecule has 1 aliphatic rings. The van der Waals surface area contributed by atoms with Gasteiger partial charge in [-0.2, -0.15) is 0 Å².